The topological polar surface area (TPSA) is 27.7 Å². The van der Waals surface area contributed by atoms with Gasteiger partial charge in [0.05, 0.1) is 18.8 Å². The minimum atomic E-state index is -0.316. The molecule has 0 aliphatic carbocycles. The Hall–Kier alpha value is -0.840. The van der Waals surface area contributed by atoms with E-state index in [-0.39, 0.29) is 23.4 Å². The summed E-state index contributed by atoms with van der Waals surface area (Å²) in [6.07, 6.45) is 2.55. The molecule has 3 nitrogen and oxygen atoms in total. The first-order valence-electron chi connectivity index (χ1n) is 6.93. The van der Waals surface area contributed by atoms with Gasteiger partial charge in [-0.1, -0.05) is 0 Å². The first kappa shape index (κ1) is 14.1. The largest absolute Gasteiger partial charge is 0.490 e. The number of hydrogen-bond donors (Lipinski definition) is 0. The van der Waals surface area contributed by atoms with Gasteiger partial charge in [-0.2, -0.15) is 0 Å². The van der Waals surface area contributed by atoms with Gasteiger partial charge in [-0.05, 0) is 17.7 Å². The second kappa shape index (κ2) is 5.88. The molecule has 1 aromatic carbocycles. The smallest absolute Gasteiger partial charge is 0.127 e. The van der Waals surface area contributed by atoms with Crippen LogP contribution in [-0.4, -0.2) is 31.5 Å². The lowest BCUT2D eigenvalue weighted by Gasteiger charge is -2.37. The average molecular weight is 301 g/mol. The molecule has 110 valence electrons. The van der Waals surface area contributed by atoms with Crippen LogP contribution in [0.15, 0.2) is 18.2 Å². The molecule has 2 aliphatic rings. The van der Waals surface area contributed by atoms with E-state index < -0.39 is 0 Å². The second-order valence-corrected chi connectivity index (χ2v) is 5.76. The number of halogens is 2. The third-order valence-electron chi connectivity index (χ3n) is 3.90. The molecule has 0 bridgehead atoms. The fourth-order valence-corrected chi connectivity index (χ4v) is 3.06. The first-order chi connectivity index (χ1) is 9.69. The Morgan fingerprint density at radius 1 is 1.35 bits per heavy atom. The normalized spacial score (nSPS) is 29.8. The van der Waals surface area contributed by atoms with Crippen molar-refractivity contribution in [3.8, 4) is 5.75 Å². The van der Waals surface area contributed by atoms with Gasteiger partial charge in [-0.15, -0.1) is 11.6 Å². The van der Waals surface area contributed by atoms with E-state index in [2.05, 4.69) is 0 Å². The predicted molar refractivity (Wildman–Crippen MR) is 73.7 cm³/mol. The van der Waals surface area contributed by atoms with Crippen molar-refractivity contribution < 1.29 is 18.6 Å². The maximum atomic E-state index is 13.5. The molecule has 2 atom stereocenters. The van der Waals surface area contributed by atoms with Crippen LogP contribution in [0.5, 0.6) is 5.75 Å². The van der Waals surface area contributed by atoms with Crippen LogP contribution in [0, 0.1) is 5.82 Å². The monoisotopic (exact) mass is 300 g/mol. The van der Waals surface area contributed by atoms with Gasteiger partial charge in [0.2, 0.25) is 0 Å². The van der Waals surface area contributed by atoms with Gasteiger partial charge < -0.3 is 14.2 Å². The summed E-state index contributed by atoms with van der Waals surface area (Å²) < 4.78 is 30.7. The molecule has 0 saturated carbocycles. The van der Waals surface area contributed by atoms with Gasteiger partial charge in [-0.3, -0.25) is 0 Å². The van der Waals surface area contributed by atoms with Crippen molar-refractivity contribution in [3.63, 3.8) is 0 Å². The summed E-state index contributed by atoms with van der Waals surface area (Å²) in [6.45, 7) is 2.03. The molecule has 1 spiro atoms. The number of ether oxygens (including phenoxy) is 3. The van der Waals surface area contributed by atoms with Crippen molar-refractivity contribution in [1.29, 1.82) is 0 Å². The zero-order chi connectivity index (χ0) is 14.0. The van der Waals surface area contributed by atoms with Crippen molar-refractivity contribution >= 4 is 11.6 Å². The molecule has 2 fully saturated rings. The molecular weight excluding hydrogens is 283 g/mol. The number of alkyl halides is 1. The lowest BCUT2D eigenvalue weighted by atomic mass is 9.91. The standard InChI is InChI=1S/C15H18ClFO3/c16-9-11-5-12(17)7-14(6-11)20-13-1-3-19-15(8-13)2-4-18-10-15/h5-7,13H,1-4,8-10H2. The van der Waals surface area contributed by atoms with Gasteiger partial charge >= 0.3 is 0 Å². The van der Waals surface area contributed by atoms with E-state index in [0.717, 1.165) is 31.4 Å². The highest BCUT2D eigenvalue weighted by atomic mass is 35.5. The minimum absolute atomic E-state index is 0.0374. The Kier molecular flexibility index (Phi) is 4.15. The fourth-order valence-electron chi connectivity index (χ4n) is 2.91. The van der Waals surface area contributed by atoms with Crippen LogP contribution in [-0.2, 0) is 15.4 Å². The van der Waals surface area contributed by atoms with Crippen LogP contribution in [0.2, 0.25) is 0 Å². The molecule has 2 heterocycles. The zero-order valence-electron chi connectivity index (χ0n) is 11.2. The van der Waals surface area contributed by atoms with Crippen molar-refractivity contribution in [2.45, 2.75) is 36.8 Å². The fraction of sp³-hybridized carbons (Fsp3) is 0.600. The summed E-state index contributed by atoms with van der Waals surface area (Å²) in [5.74, 6) is 0.505. The van der Waals surface area contributed by atoms with Crippen LogP contribution in [0.4, 0.5) is 4.39 Å². The molecule has 0 N–H and O–H groups in total. The molecule has 20 heavy (non-hydrogen) atoms. The van der Waals surface area contributed by atoms with Crippen LogP contribution < -0.4 is 4.74 Å². The highest BCUT2D eigenvalue weighted by molar-refractivity contribution is 6.17. The highest BCUT2D eigenvalue weighted by Gasteiger charge is 2.41. The van der Waals surface area contributed by atoms with E-state index in [1.54, 1.807) is 6.07 Å². The number of benzene rings is 1. The molecule has 2 unspecified atom stereocenters. The molecule has 2 saturated heterocycles. The Labute approximate surface area is 123 Å². The molecule has 0 radical (unpaired) electrons. The van der Waals surface area contributed by atoms with Crippen molar-refractivity contribution in [3.05, 3.63) is 29.6 Å². The van der Waals surface area contributed by atoms with Gasteiger partial charge in [0.1, 0.15) is 17.7 Å². The molecule has 3 rings (SSSR count). The number of hydrogen-bond acceptors (Lipinski definition) is 3. The lowest BCUT2D eigenvalue weighted by molar-refractivity contribution is -0.112. The third-order valence-corrected chi connectivity index (χ3v) is 4.21. The Morgan fingerprint density at radius 2 is 2.25 bits per heavy atom. The Bertz CT molecular complexity index is 474. The maximum absolute atomic E-state index is 13.5. The van der Waals surface area contributed by atoms with Crippen LogP contribution in [0.25, 0.3) is 0 Å². The minimum Gasteiger partial charge on any atom is -0.490 e. The summed E-state index contributed by atoms with van der Waals surface area (Å²) in [4.78, 5) is 0. The van der Waals surface area contributed by atoms with Gasteiger partial charge in [0, 0.05) is 37.8 Å². The van der Waals surface area contributed by atoms with Crippen molar-refractivity contribution in [2.24, 2.45) is 0 Å². The lowest BCUT2D eigenvalue weighted by Crippen LogP contribution is -2.44. The SMILES string of the molecule is Fc1cc(CCl)cc(OC2CCOC3(CCOC3)C2)c1. The quantitative estimate of drug-likeness (QED) is 0.802. The van der Waals surface area contributed by atoms with Crippen LogP contribution >= 0.6 is 11.6 Å². The number of rotatable bonds is 3. The average Bonchev–Trinajstić information content (AvgIpc) is 2.86. The van der Waals surface area contributed by atoms with E-state index in [0.29, 0.717) is 19.0 Å². The van der Waals surface area contributed by atoms with Crippen molar-refractivity contribution in [2.75, 3.05) is 19.8 Å². The zero-order valence-corrected chi connectivity index (χ0v) is 12.0. The first-order valence-corrected chi connectivity index (χ1v) is 7.46. The van der Waals surface area contributed by atoms with Crippen molar-refractivity contribution in [1.82, 2.24) is 0 Å². The molecule has 1 aromatic rings. The summed E-state index contributed by atoms with van der Waals surface area (Å²) >= 11 is 5.75. The maximum Gasteiger partial charge on any atom is 0.127 e. The molecule has 0 aromatic heterocycles. The van der Waals surface area contributed by atoms with Crippen LogP contribution in [0.3, 0.4) is 0 Å². The van der Waals surface area contributed by atoms with Gasteiger partial charge in [0.25, 0.3) is 0 Å². The van der Waals surface area contributed by atoms with E-state index in [1.165, 1.54) is 12.1 Å². The van der Waals surface area contributed by atoms with E-state index in [9.17, 15) is 4.39 Å². The molecular formula is C15H18ClFO3. The summed E-state index contributed by atoms with van der Waals surface area (Å²) in [7, 11) is 0. The Morgan fingerprint density at radius 3 is 3.00 bits per heavy atom. The molecule has 0 amide bonds. The molecule has 5 heteroatoms. The third kappa shape index (κ3) is 3.08. The Balaban J connectivity index is 1.69. The van der Waals surface area contributed by atoms with E-state index in [1.807, 2.05) is 0 Å². The van der Waals surface area contributed by atoms with Gasteiger partial charge in [-0.25, -0.2) is 4.39 Å². The predicted octanol–water partition coefficient (Wildman–Crippen LogP) is 3.28. The summed E-state index contributed by atoms with van der Waals surface area (Å²) in [5.41, 5.74) is 0.526. The second-order valence-electron chi connectivity index (χ2n) is 5.50. The summed E-state index contributed by atoms with van der Waals surface area (Å²) in [5, 5.41) is 0. The van der Waals surface area contributed by atoms with E-state index >= 15 is 0 Å². The highest BCUT2D eigenvalue weighted by Crippen LogP contribution is 2.34. The van der Waals surface area contributed by atoms with Crippen LogP contribution in [0.1, 0.15) is 24.8 Å². The van der Waals surface area contributed by atoms with E-state index in [4.69, 9.17) is 25.8 Å². The summed E-state index contributed by atoms with van der Waals surface area (Å²) in [6, 6.07) is 4.63. The van der Waals surface area contributed by atoms with Gasteiger partial charge in [0.15, 0.2) is 0 Å². The molecule has 2 aliphatic heterocycles.